The molecule has 1 heterocycles. The largest absolute Gasteiger partial charge is 0.495 e. The van der Waals surface area contributed by atoms with E-state index in [0.29, 0.717) is 28.8 Å². The number of nitrogens with zero attached hydrogens (tertiary/aromatic N) is 1. The molecule has 7 nitrogen and oxygen atoms in total. The lowest BCUT2D eigenvalue weighted by Crippen LogP contribution is -2.36. The fourth-order valence-electron chi connectivity index (χ4n) is 2.81. The van der Waals surface area contributed by atoms with Gasteiger partial charge in [-0.15, -0.1) is 0 Å². The van der Waals surface area contributed by atoms with Crippen LogP contribution in [0.3, 0.4) is 0 Å². The third-order valence-electron chi connectivity index (χ3n) is 4.33. The number of halogens is 2. The summed E-state index contributed by atoms with van der Waals surface area (Å²) in [5, 5.41) is 2.45. The normalized spacial score (nSPS) is 14.8. The maximum Gasteiger partial charge on any atom is 0.294 e. The molecule has 1 saturated heterocycles. The van der Waals surface area contributed by atoms with Gasteiger partial charge in [-0.05, 0) is 76.1 Å². The van der Waals surface area contributed by atoms with Crippen molar-refractivity contribution in [2.75, 3.05) is 25.6 Å². The van der Waals surface area contributed by atoms with Crippen molar-refractivity contribution in [2.24, 2.45) is 0 Å². The highest BCUT2D eigenvalue weighted by Crippen LogP contribution is 2.34. The van der Waals surface area contributed by atoms with E-state index < -0.39 is 23.6 Å². The fraction of sp³-hybridized carbons (Fsp3) is 0.227. The van der Waals surface area contributed by atoms with Gasteiger partial charge in [0.25, 0.3) is 11.1 Å². The number of benzene rings is 2. The van der Waals surface area contributed by atoms with Crippen molar-refractivity contribution in [1.29, 1.82) is 0 Å². The van der Waals surface area contributed by atoms with Crippen LogP contribution in [0.1, 0.15) is 18.9 Å². The smallest absolute Gasteiger partial charge is 0.294 e. The lowest BCUT2D eigenvalue weighted by molar-refractivity contribution is -0.127. The highest BCUT2D eigenvalue weighted by molar-refractivity contribution is 9.10. The van der Waals surface area contributed by atoms with Crippen LogP contribution in [0.15, 0.2) is 45.8 Å². The lowest BCUT2D eigenvalue weighted by Gasteiger charge is -2.13. The first kappa shape index (κ1) is 24.2. The van der Waals surface area contributed by atoms with Crippen molar-refractivity contribution >= 4 is 68.1 Å². The standard InChI is InChI=1S/C22H20BrClN2O5S/c1-3-8-31-17-6-4-13(9-15(17)23)10-19-21(28)26(22(29)32-19)12-20(27)25-14-5-7-18(30-2)16(24)11-14/h4-7,9-11H,3,8,12H2,1-2H3,(H,25,27)/b19-10-. The number of carbonyl (C=O) groups is 3. The Bertz CT molecular complexity index is 1090. The summed E-state index contributed by atoms with van der Waals surface area (Å²) in [5.74, 6) is 0.130. The summed E-state index contributed by atoms with van der Waals surface area (Å²) < 4.78 is 11.4. The third-order valence-corrected chi connectivity index (χ3v) is 6.15. The second-order valence-electron chi connectivity index (χ2n) is 6.70. The summed E-state index contributed by atoms with van der Waals surface area (Å²) in [5.41, 5.74) is 1.15. The van der Waals surface area contributed by atoms with Gasteiger partial charge in [0.15, 0.2) is 0 Å². The molecule has 0 aromatic heterocycles. The molecule has 3 amide bonds. The van der Waals surface area contributed by atoms with Crippen LogP contribution in [-0.2, 0) is 9.59 Å². The highest BCUT2D eigenvalue weighted by Gasteiger charge is 2.36. The summed E-state index contributed by atoms with van der Waals surface area (Å²) in [6.45, 7) is 2.21. The zero-order chi connectivity index (χ0) is 23.3. The Morgan fingerprint density at radius 1 is 1.22 bits per heavy atom. The number of methoxy groups -OCH3 is 1. The number of hydrogen-bond donors (Lipinski definition) is 1. The number of carbonyl (C=O) groups excluding carboxylic acids is 3. The van der Waals surface area contributed by atoms with Gasteiger partial charge in [0, 0.05) is 5.69 Å². The molecule has 2 aromatic carbocycles. The molecule has 1 fully saturated rings. The van der Waals surface area contributed by atoms with Gasteiger partial charge >= 0.3 is 0 Å². The first-order valence-electron chi connectivity index (χ1n) is 9.63. The number of imide groups is 1. The van der Waals surface area contributed by atoms with Crippen molar-refractivity contribution in [1.82, 2.24) is 4.90 Å². The van der Waals surface area contributed by atoms with Crippen LogP contribution in [0.4, 0.5) is 10.5 Å². The van der Waals surface area contributed by atoms with E-state index in [1.807, 2.05) is 6.92 Å². The van der Waals surface area contributed by atoms with Gasteiger partial charge in [0.2, 0.25) is 5.91 Å². The lowest BCUT2D eigenvalue weighted by atomic mass is 10.2. The number of ether oxygens (including phenoxy) is 2. The van der Waals surface area contributed by atoms with Gasteiger partial charge in [-0.3, -0.25) is 19.3 Å². The third kappa shape index (κ3) is 5.85. The summed E-state index contributed by atoms with van der Waals surface area (Å²) >= 11 is 10.3. The number of thioether (sulfide) groups is 1. The van der Waals surface area contributed by atoms with E-state index in [-0.39, 0.29) is 4.91 Å². The molecule has 0 bridgehead atoms. The first-order chi connectivity index (χ1) is 15.3. The van der Waals surface area contributed by atoms with Crippen LogP contribution in [0.25, 0.3) is 6.08 Å². The predicted molar refractivity (Wildman–Crippen MR) is 129 cm³/mol. The van der Waals surface area contributed by atoms with Crippen LogP contribution < -0.4 is 14.8 Å². The van der Waals surface area contributed by atoms with Crippen molar-refractivity contribution in [3.8, 4) is 11.5 Å². The van der Waals surface area contributed by atoms with Crippen molar-refractivity contribution in [3.05, 3.63) is 56.4 Å². The monoisotopic (exact) mass is 538 g/mol. The number of rotatable bonds is 8. The zero-order valence-corrected chi connectivity index (χ0v) is 20.5. The SMILES string of the molecule is CCCOc1ccc(/C=C2\SC(=O)N(CC(=O)Nc3ccc(OC)c(Cl)c3)C2=O)cc1Br. The molecular weight excluding hydrogens is 520 g/mol. The van der Waals surface area contributed by atoms with E-state index in [1.54, 1.807) is 36.4 Å². The molecule has 0 aliphatic carbocycles. The fourth-order valence-corrected chi connectivity index (χ4v) is 4.42. The molecule has 0 unspecified atom stereocenters. The Kier molecular flexibility index (Phi) is 8.22. The van der Waals surface area contributed by atoms with E-state index in [2.05, 4.69) is 21.2 Å². The van der Waals surface area contributed by atoms with E-state index in [0.717, 1.165) is 33.1 Å². The minimum Gasteiger partial charge on any atom is -0.495 e. The van der Waals surface area contributed by atoms with Gasteiger partial charge in [0.1, 0.15) is 18.0 Å². The average Bonchev–Trinajstić information content (AvgIpc) is 3.00. The maximum atomic E-state index is 12.7. The molecule has 1 N–H and O–H groups in total. The van der Waals surface area contributed by atoms with E-state index in [4.69, 9.17) is 21.1 Å². The van der Waals surface area contributed by atoms with Crippen LogP contribution in [-0.4, -0.2) is 42.2 Å². The average molecular weight is 540 g/mol. The number of amides is 3. The van der Waals surface area contributed by atoms with E-state index >= 15 is 0 Å². The molecule has 0 radical (unpaired) electrons. The number of hydrogen-bond acceptors (Lipinski definition) is 6. The zero-order valence-electron chi connectivity index (χ0n) is 17.3. The second-order valence-corrected chi connectivity index (χ2v) is 8.96. The topological polar surface area (TPSA) is 84.9 Å². The summed E-state index contributed by atoms with van der Waals surface area (Å²) in [6.07, 6.45) is 2.50. The van der Waals surface area contributed by atoms with Gasteiger partial charge in [-0.1, -0.05) is 24.6 Å². The van der Waals surface area contributed by atoms with Crippen LogP contribution in [0, 0.1) is 0 Å². The number of anilines is 1. The Morgan fingerprint density at radius 2 is 1.97 bits per heavy atom. The maximum absolute atomic E-state index is 12.7. The molecule has 2 aromatic rings. The molecule has 1 aliphatic rings. The summed E-state index contributed by atoms with van der Waals surface area (Å²) in [4.78, 5) is 38.6. The van der Waals surface area contributed by atoms with Gasteiger partial charge < -0.3 is 14.8 Å². The van der Waals surface area contributed by atoms with Crippen molar-refractivity contribution in [3.63, 3.8) is 0 Å². The Hall–Kier alpha value is -2.49. The Morgan fingerprint density at radius 3 is 2.62 bits per heavy atom. The summed E-state index contributed by atoms with van der Waals surface area (Å²) in [6, 6.07) is 10.1. The molecular formula is C22H20BrClN2O5S. The summed E-state index contributed by atoms with van der Waals surface area (Å²) in [7, 11) is 1.49. The molecule has 0 saturated carbocycles. The van der Waals surface area contributed by atoms with Gasteiger partial charge in [-0.2, -0.15) is 0 Å². The molecule has 1 aliphatic heterocycles. The van der Waals surface area contributed by atoms with Gasteiger partial charge in [-0.25, -0.2) is 0 Å². The first-order valence-corrected chi connectivity index (χ1v) is 11.6. The van der Waals surface area contributed by atoms with E-state index in [1.165, 1.54) is 13.2 Å². The van der Waals surface area contributed by atoms with E-state index in [9.17, 15) is 14.4 Å². The quantitative estimate of drug-likeness (QED) is 0.441. The second kappa shape index (κ2) is 10.9. The Labute approximate surface area is 203 Å². The Balaban J connectivity index is 1.67. The minimum absolute atomic E-state index is 0.240. The van der Waals surface area contributed by atoms with Crippen LogP contribution in [0.2, 0.25) is 5.02 Å². The van der Waals surface area contributed by atoms with Crippen LogP contribution >= 0.6 is 39.3 Å². The van der Waals surface area contributed by atoms with Gasteiger partial charge in [0.05, 0.1) is 28.1 Å². The van der Waals surface area contributed by atoms with Crippen LogP contribution in [0.5, 0.6) is 11.5 Å². The molecule has 3 rings (SSSR count). The highest BCUT2D eigenvalue weighted by atomic mass is 79.9. The number of nitrogens with one attached hydrogen (secondary N) is 1. The molecule has 10 heteroatoms. The van der Waals surface area contributed by atoms with Crippen molar-refractivity contribution in [2.45, 2.75) is 13.3 Å². The molecule has 0 atom stereocenters. The molecule has 32 heavy (non-hydrogen) atoms. The molecule has 0 spiro atoms. The molecule has 168 valence electrons. The minimum atomic E-state index is -0.523. The predicted octanol–water partition coefficient (Wildman–Crippen LogP) is 5.57. The van der Waals surface area contributed by atoms with Crippen molar-refractivity contribution < 1.29 is 23.9 Å².